The van der Waals surface area contributed by atoms with Gasteiger partial charge in [0.15, 0.2) is 6.29 Å². The number of hydrogen-bond acceptors (Lipinski definition) is 8. The molecule has 0 bridgehead atoms. The zero-order valence-corrected chi connectivity index (χ0v) is 10.4. The first-order valence-electron chi connectivity index (χ1n) is 4.02. The van der Waals surface area contributed by atoms with Gasteiger partial charge in [-0.15, -0.1) is 12.4 Å². The second-order valence-corrected chi connectivity index (χ2v) is 3.70. The Kier molecular flexibility index (Phi) is 13.3. The van der Waals surface area contributed by atoms with E-state index < -0.39 is 41.4 Å². The largest absolute Gasteiger partial charge is 0.394 e. The predicted molar refractivity (Wildman–Crippen MR) is 58.6 cm³/mol. The molecule has 7 N–H and O–H groups in total. The van der Waals surface area contributed by atoms with E-state index in [4.69, 9.17) is 43.1 Å². The summed E-state index contributed by atoms with van der Waals surface area (Å²) in [4.78, 5) is 9.90. The summed E-state index contributed by atoms with van der Waals surface area (Å²) in [5.74, 6) is 0. The van der Waals surface area contributed by atoms with Crippen LogP contribution in [0.3, 0.4) is 0 Å². The molecule has 0 aromatic rings. The molecule has 12 heteroatoms. The van der Waals surface area contributed by atoms with Crippen molar-refractivity contribution in [1.29, 1.82) is 0 Å². The number of aldehydes is 1. The van der Waals surface area contributed by atoms with E-state index in [2.05, 4.69) is 0 Å². The lowest BCUT2D eigenvalue weighted by Crippen LogP contribution is -2.46. The lowest BCUT2D eigenvalue weighted by Gasteiger charge is -2.22. The van der Waals surface area contributed by atoms with Crippen molar-refractivity contribution in [2.24, 2.45) is 0 Å². The Hall–Kier alpha value is -0.370. The van der Waals surface area contributed by atoms with Gasteiger partial charge in [-0.05, 0) is 0 Å². The molecule has 4 atom stereocenters. The summed E-state index contributed by atoms with van der Waals surface area (Å²) in [7, 11) is -4.67. The number of carbonyl (C=O) groups excluding carboxylic acids is 1. The molecule has 0 rings (SSSR count). The monoisotopic (exact) mass is 314 g/mol. The number of carbonyl (C=O) groups is 1. The summed E-state index contributed by atoms with van der Waals surface area (Å²) in [6.07, 6.45) is -6.84. The molecule has 0 spiro atoms. The summed E-state index contributed by atoms with van der Waals surface area (Å²) in [5, 5.41) is 43.5. The Morgan fingerprint density at radius 3 is 1.56 bits per heavy atom. The van der Waals surface area contributed by atoms with Gasteiger partial charge in [-0.3, -0.25) is 9.11 Å². The van der Waals surface area contributed by atoms with Crippen LogP contribution in [0, 0.1) is 0 Å². The first-order valence-corrected chi connectivity index (χ1v) is 5.42. The van der Waals surface area contributed by atoms with Crippen LogP contribution in [0.4, 0.5) is 0 Å². The van der Waals surface area contributed by atoms with Crippen molar-refractivity contribution in [2.75, 3.05) is 6.61 Å². The van der Waals surface area contributed by atoms with E-state index in [1.807, 2.05) is 0 Å². The van der Waals surface area contributed by atoms with Gasteiger partial charge in [0.1, 0.15) is 24.4 Å². The highest BCUT2D eigenvalue weighted by atomic mass is 35.5. The maximum absolute atomic E-state index is 9.90. The summed E-state index contributed by atoms with van der Waals surface area (Å²) in [6, 6.07) is 0. The molecule has 0 aromatic heterocycles. The molecule has 0 aliphatic heterocycles. The Morgan fingerprint density at radius 2 is 1.33 bits per heavy atom. The number of aliphatic hydroxyl groups is 5. The molecule has 0 unspecified atom stereocenters. The highest BCUT2D eigenvalue weighted by Gasteiger charge is 2.29. The summed E-state index contributed by atoms with van der Waals surface area (Å²) >= 11 is 0. The molecule has 0 heterocycles. The normalized spacial score (nSPS) is 17.3. The SMILES string of the molecule is Cl.O=C[C@H](O)[C@@H](O)[C@H](O)[C@H](O)CO.O=S(=O)(O)O. The molecule has 0 saturated carbocycles. The minimum Gasteiger partial charge on any atom is -0.394 e. The maximum Gasteiger partial charge on any atom is 0.394 e. The van der Waals surface area contributed by atoms with Crippen molar-refractivity contribution < 1.29 is 47.9 Å². The van der Waals surface area contributed by atoms with Crippen molar-refractivity contribution in [2.45, 2.75) is 24.4 Å². The summed E-state index contributed by atoms with van der Waals surface area (Å²) in [5.41, 5.74) is 0. The van der Waals surface area contributed by atoms with Crippen molar-refractivity contribution >= 4 is 29.1 Å². The fourth-order valence-corrected chi connectivity index (χ4v) is 0.618. The fourth-order valence-electron chi connectivity index (χ4n) is 0.618. The van der Waals surface area contributed by atoms with Crippen LogP contribution < -0.4 is 0 Å². The van der Waals surface area contributed by atoms with Gasteiger partial charge >= 0.3 is 10.4 Å². The van der Waals surface area contributed by atoms with Gasteiger partial charge in [0.05, 0.1) is 6.61 Å². The van der Waals surface area contributed by atoms with Crippen LogP contribution in [0.1, 0.15) is 0 Å². The van der Waals surface area contributed by atoms with E-state index in [1.54, 1.807) is 0 Å². The molecule has 0 saturated heterocycles. The minimum atomic E-state index is -4.67. The van der Waals surface area contributed by atoms with Gasteiger partial charge in [-0.25, -0.2) is 0 Å². The fraction of sp³-hybridized carbons (Fsp3) is 0.833. The van der Waals surface area contributed by atoms with Crippen molar-refractivity contribution in [3.05, 3.63) is 0 Å². The average molecular weight is 315 g/mol. The van der Waals surface area contributed by atoms with Gasteiger partial charge < -0.3 is 30.3 Å². The molecule has 0 radical (unpaired) electrons. The minimum absolute atomic E-state index is 0. The standard InChI is InChI=1S/C6H12O6.ClH.H2O4S/c7-1-3(9)5(11)6(12)4(10)2-8;;1-5(2,3)4/h1,3-6,8-12H,2H2;1H;(H2,1,2,3,4)/t3-,4+,5+,6+;;/m0../s1. The molecule has 0 amide bonds. The topological polar surface area (TPSA) is 193 Å². The van der Waals surface area contributed by atoms with E-state index in [-0.39, 0.29) is 18.7 Å². The number of hydrogen-bond donors (Lipinski definition) is 7. The second-order valence-electron chi connectivity index (χ2n) is 2.81. The lowest BCUT2D eigenvalue weighted by atomic mass is 10.0. The molecule has 0 aromatic carbocycles. The van der Waals surface area contributed by atoms with Crippen molar-refractivity contribution in [1.82, 2.24) is 0 Å². The average Bonchev–Trinajstić information content (AvgIpc) is 2.22. The van der Waals surface area contributed by atoms with Crippen molar-refractivity contribution in [3.8, 4) is 0 Å². The number of aliphatic hydroxyl groups excluding tert-OH is 5. The summed E-state index contributed by atoms with van der Waals surface area (Å²) in [6.45, 7) is -0.760. The first kappa shape index (κ1) is 22.8. The molecule has 10 nitrogen and oxygen atoms in total. The Morgan fingerprint density at radius 1 is 1.00 bits per heavy atom. The van der Waals surface area contributed by atoms with Crippen LogP contribution >= 0.6 is 12.4 Å². The van der Waals surface area contributed by atoms with Gasteiger partial charge in [0.2, 0.25) is 0 Å². The van der Waals surface area contributed by atoms with Crippen LogP contribution in [0.25, 0.3) is 0 Å². The van der Waals surface area contributed by atoms with Crippen LogP contribution in [-0.2, 0) is 15.2 Å². The van der Waals surface area contributed by atoms with E-state index in [0.717, 1.165) is 0 Å². The molecular formula is C6H15ClO10S. The van der Waals surface area contributed by atoms with Gasteiger partial charge in [-0.1, -0.05) is 0 Å². The molecule has 0 fully saturated rings. The van der Waals surface area contributed by atoms with E-state index in [0.29, 0.717) is 0 Å². The molecule has 0 aliphatic rings. The zero-order chi connectivity index (χ0) is 14.2. The van der Waals surface area contributed by atoms with Crippen LogP contribution in [0.5, 0.6) is 0 Å². The third-order valence-corrected chi connectivity index (χ3v) is 1.42. The van der Waals surface area contributed by atoms with E-state index >= 15 is 0 Å². The van der Waals surface area contributed by atoms with Crippen molar-refractivity contribution in [3.63, 3.8) is 0 Å². The number of halogens is 1. The Balaban J connectivity index is -0.000000321. The third-order valence-electron chi connectivity index (χ3n) is 1.42. The van der Waals surface area contributed by atoms with Gasteiger partial charge in [-0.2, -0.15) is 8.42 Å². The molecule has 0 aliphatic carbocycles. The van der Waals surface area contributed by atoms with E-state index in [1.165, 1.54) is 0 Å². The number of rotatable bonds is 5. The van der Waals surface area contributed by atoms with Crippen LogP contribution in [0.2, 0.25) is 0 Å². The molecule has 18 heavy (non-hydrogen) atoms. The van der Waals surface area contributed by atoms with Gasteiger partial charge in [0, 0.05) is 0 Å². The predicted octanol–water partition coefficient (Wildman–Crippen LogP) is -3.61. The maximum atomic E-state index is 9.90. The highest BCUT2D eigenvalue weighted by molar-refractivity contribution is 7.79. The lowest BCUT2D eigenvalue weighted by molar-refractivity contribution is -0.136. The van der Waals surface area contributed by atoms with E-state index in [9.17, 15) is 4.79 Å². The Bertz CT molecular complexity index is 297. The van der Waals surface area contributed by atoms with Crippen LogP contribution in [-0.4, -0.2) is 80.4 Å². The third kappa shape index (κ3) is 13.7. The first-order chi connectivity index (χ1) is 7.54. The second kappa shape index (κ2) is 10.5. The van der Waals surface area contributed by atoms with Gasteiger partial charge in [0.25, 0.3) is 0 Å². The summed E-state index contributed by atoms with van der Waals surface area (Å²) < 4.78 is 31.6. The van der Waals surface area contributed by atoms with Crippen LogP contribution in [0.15, 0.2) is 0 Å². The quantitative estimate of drug-likeness (QED) is 0.197. The smallest absolute Gasteiger partial charge is 0.394 e. The highest BCUT2D eigenvalue weighted by Crippen LogP contribution is 2.02. The molecule has 112 valence electrons. The Labute approximate surface area is 108 Å². The zero-order valence-electron chi connectivity index (χ0n) is 8.77. The molecular weight excluding hydrogens is 300 g/mol.